The van der Waals surface area contributed by atoms with E-state index in [2.05, 4.69) is 17.2 Å². The van der Waals surface area contributed by atoms with E-state index in [1.807, 2.05) is 0 Å². The Labute approximate surface area is 157 Å². The highest BCUT2D eigenvalue weighted by molar-refractivity contribution is 5.85. The molecule has 1 saturated heterocycles. The Bertz CT molecular complexity index is 695. The quantitative estimate of drug-likeness (QED) is 0.519. The lowest BCUT2D eigenvalue weighted by Crippen LogP contribution is -2.51. The summed E-state index contributed by atoms with van der Waals surface area (Å²) in [4.78, 5) is 24.6. The van der Waals surface area contributed by atoms with Crippen molar-refractivity contribution >= 4 is 12.0 Å². The van der Waals surface area contributed by atoms with Crippen molar-refractivity contribution in [3.63, 3.8) is 0 Å². The predicted molar refractivity (Wildman–Crippen MR) is 96.0 cm³/mol. The number of ether oxygens (including phenoxy) is 5. The van der Waals surface area contributed by atoms with Gasteiger partial charge in [0.1, 0.15) is 12.5 Å². The van der Waals surface area contributed by atoms with Crippen molar-refractivity contribution in [3.05, 3.63) is 30.0 Å². The number of amides is 2. The van der Waals surface area contributed by atoms with E-state index in [0.29, 0.717) is 22.8 Å². The summed E-state index contributed by atoms with van der Waals surface area (Å²) in [7, 11) is 5.97. The number of carbonyl (C=O) groups excluding carboxylic acids is 2. The molecule has 2 atom stereocenters. The minimum Gasteiger partial charge on any atom is -0.493 e. The lowest BCUT2D eigenvalue weighted by atomic mass is 9.88. The molecule has 0 spiro atoms. The van der Waals surface area contributed by atoms with E-state index in [-0.39, 0.29) is 18.9 Å². The summed E-state index contributed by atoms with van der Waals surface area (Å²) < 4.78 is 26.1. The van der Waals surface area contributed by atoms with Gasteiger partial charge in [-0.3, -0.25) is 4.79 Å². The summed E-state index contributed by atoms with van der Waals surface area (Å²) in [5.74, 6) is -0.179. The second kappa shape index (κ2) is 9.13. The number of benzene rings is 1. The van der Waals surface area contributed by atoms with Crippen molar-refractivity contribution in [1.29, 1.82) is 0 Å². The van der Waals surface area contributed by atoms with Gasteiger partial charge >= 0.3 is 12.0 Å². The molecule has 1 aliphatic rings. The highest BCUT2D eigenvalue weighted by Crippen LogP contribution is 2.42. The van der Waals surface area contributed by atoms with Crippen LogP contribution < -0.4 is 24.8 Å². The van der Waals surface area contributed by atoms with Gasteiger partial charge in [-0.25, -0.2) is 4.79 Å². The molecular weight excluding hydrogens is 356 g/mol. The molecule has 0 bridgehead atoms. The number of urea groups is 1. The molecule has 1 heterocycles. The van der Waals surface area contributed by atoms with Crippen molar-refractivity contribution in [2.24, 2.45) is 5.92 Å². The highest BCUT2D eigenvalue weighted by Gasteiger charge is 2.39. The van der Waals surface area contributed by atoms with Crippen LogP contribution in [0.25, 0.3) is 0 Å². The van der Waals surface area contributed by atoms with Crippen LogP contribution in [0.4, 0.5) is 4.79 Å². The molecule has 2 N–H and O–H groups in total. The Kier molecular flexibility index (Phi) is 6.89. The Balaban J connectivity index is 2.43. The number of methoxy groups -OCH3 is 4. The van der Waals surface area contributed by atoms with E-state index >= 15 is 0 Å². The zero-order valence-electron chi connectivity index (χ0n) is 15.8. The molecule has 1 aromatic carbocycles. The number of carbonyl (C=O) groups is 2. The summed E-state index contributed by atoms with van der Waals surface area (Å²) in [6.07, 6.45) is 0. The van der Waals surface area contributed by atoms with Crippen LogP contribution in [0, 0.1) is 5.92 Å². The van der Waals surface area contributed by atoms with Crippen molar-refractivity contribution < 1.29 is 33.3 Å². The van der Waals surface area contributed by atoms with Crippen LogP contribution >= 0.6 is 0 Å². The topological polar surface area (TPSA) is 104 Å². The van der Waals surface area contributed by atoms with Crippen LogP contribution in [0.1, 0.15) is 11.6 Å². The Morgan fingerprint density at radius 3 is 2.22 bits per heavy atom. The van der Waals surface area contributed by atoms with Gasteiger partial charge < -0.3 is 34.3 Å². The monoisotopic (exact) mass is 380 g/mol. The second-order valence-electron chi connectivity index (χ2n) is 5.70. The fourth-order valence-corrected chi connectivity index (χ4v) is 2.84. The summed E-state index contributed by atoms with van der Waals surface area (Å²) in [6.45, 7) is 4.15. The molecule has 0 unspecified atom stereocenters. The van der Waals surface area contributed by atoms with Crippen molar-refractivity contribution in [2.45, 2.75) is 6.04 Å². The second-order valence-corrected chi connectivity index (χ2v) is 5.70. The molecule has 1 aromatic rings. The predicted octanol–water partition coefficient (Wildman–Crippen LogP) is 1.39. The van der Waals surface area contributed by atoms with Gasteiger partial charge in [0.25, 0.3) is 0 Å². The van der Waals surface area contributed by atoms with E-state index < -0.39 is 24.0 Å². The van der Waals surface area contributed by atoms with E-state index in [1.54, 1.807) is 12.1 Å². The highest BCUT2D eigenvalue weighted by atomic mass is 16.6. The third-order valence-electron chi connectivity index (χ3n) is 4.10. The first kappa shape index (κ1) is 20.4. The minimum absolute atomic E-state index is 0.0923. The van der Waals surface area contributed by atoms with Crippen LogP contribution in [0.2, 0.25) is 0 Å². The van der Waals surface area contributed by atoms with E-state index in [4.69, 9.17) is 23.7 Å². The van der Waals surface area contributed by atoms with Crippen LogP contribution in [0.5, 0.6) is 17.2 Å². The van der Waals surface area contributed by atoms with E-state index in [9.17, 15) is 9.59 Å². The average molecular weight is 380 g/mol. The standard InChI is InChI=1S/C18H24N2O7/c1-10-14(17(21)27-7-6-23-2)15(20-18(22)19-10)11-8-12(24-3)16(26-5)13(9-11)25-4/h8-9,14-15H,1,6-7H2,2-5H3,(H2,19,20,22)/t14-,15-/m0/s1. The van der Waals surface area contributed by atoms with Crippen molar-refractivity contribution in [2.75, 3.05) is 41.7 Å². The smallest absolute Gasteiger partial charge is 0.319 e. The van der Waals surface area contributed by atoms with Gasteiger partial charge in [-0.15, -0.1) is 0 Å². The van der Waals surface area contributed by atoms with Gasteiger partial charge in [0, 0.05) is 12.8 Å². The summed E-state index contributed by atoms with van der Waals surface area (Å²) in [5, 5.41) is 5.25. The fraction of sp³-hybridized carbons (Fsp3) is 0.444. The minimum atomic E-state index is -0.845. The van der Waals surface area contributed by atoms with Crippen LogP contribution in [0.3, 0.4) is 0 Å². The first-order valence-corrected chi connectivity index (χ1v) is 8.18. The lowest BCUT2D eigenvalue weighted by molar-refractivity contribution is -0.149. The largest absolute Gasteiger partial charge is 0.493 e. The van der Waals surface area contributed by atoms with Gasteiger partial charge in [0.2, 0.25) is 5.75 Å². The lowest BCUT2D eigenvalue weighted by Gasteiger charge is -2.33. The average Bonchev–Trinajstić information content (AvgIpc) is 2.66. The van der Waals surface area contributed by atoms with Crippen LogP contribution in [0.15, 0.2) is 24.4 Å². The molecule has 27 heavy (non-hydrogen) atoms. The number of hydrogen-bond donors (Lipinski definition) is 2. The first-order chi connectivity index (χ1) is 13.0. The number of esters is 1. The van der Waals surface area contributed by atoms with Gasteiger partial charge in [0.05, 0.1) is 34.0 Å². The maximum atomic E-state index is 12.6. The third kappa shape index (κ3) is 4.43. The van der Waals surface area contributed by atoms with Crippen LogP contribution in [-0.4, -0.2) is 53.7 Å². The number of nitrogens with one attached hydrogen (secondary N) is 2. The molecule has 9 nitrogen and oxygen atoms in total. The molecule has 9 heteroatoms. The molecular formula is C18H24N2O7. The third-order valence-corrected chi connectivity index (χ3v) is 4.10. The van der Waals surface area contributed by atoms with Crippen LogP contribution in [-0.2, 0) is 14.3 Å². The summed E-state index contributed by atoms with van der Waals surface area (Å²) >= 11 is 0. The summed E-state index contributed by atoms with van der Waals surface area (Å²) in [6, 6.07) is 2.13. The molecule has 0 aliphatic carbocycles. The normalized spacial score (nSPS) is 19.0. The SMILES string of the molecule is C=C1NC(=O)N[C@@H](c2cc(OC)c(OC)c(OC)c2)[C@H]1C(=O)OCCOC. The summed E-state index contributed by atoms with van der Waals surface area (Å²) in [5.41, 5.74) is 0.814. The van der Waals surface area contributed by atoms with Crippen molar-refractivity contribution in [3.8, 4) is 17.2 Å². The molecule has 0 saturated carbocycles. The Hall–Kier alpha value is -2.94. The van der Waals surface area contributed by atoms with Crippen molar-refractivity contribution in [1.82, 2.24) is 10.6 Å². The zero-order valence-corrected chi connectivity index (χ0v) is 15.8. The van der Waals surface area contributed by atoms with Gasteiger partial charge in [-0.2, -0.15) is 0 Å². The molecule has 0 aromatic heterocycles. The molecule has 1 aliphatic heterocycles. The van der Waals surface area contributed by atoms with Gasteiger partial charge in [-0.1, -0.05) is 6.58 Å². The Morgan fingerprint density at radius 1 is 1.07 bits per heavy atom. The maximum absolute atomic E-state index is 12.6. The molecule has 2 amide bonds. The van der Waals surface area contributed by atoms with E-state index in [0.717, 1.165) is 0 Å². The maximum Gasteiger partial charge on any atom is 0.319 e. The fourth-order valence-electron chi connectivity index (χ4n) is 2.84. The van der Waals surface area contributed by atoms with E-state index in [1.165, 1.54) is 28.4 Å². The Morgan fingerprint density at radius 2 is 1.70 bits per heavy atom. The van der Waals surface area contributed by atoms with Gasteiger partial charge in [-0.05, 0) is 17.7 Å². The molecule has 2 rings (SSSR count). The zero-order chi connectivity index (χ0) is 20.0. The molecule has 1 fully saturated rings. The number of rotatable bonds is 8. The first-order valence-electron chi connectivity index (χ1n) is 8.18. The molecule has 148 valence electrons. The van der Waals surface area contributed by atoms with Gasteiger partial charge in [0.15, 0.2) is 11.5 Å². The number of hydrogen-bond acceptors (Lipinski definition) is 7. The molecule has 0 radical (unpaired) electrons.